The fourth-order valence-corrected chi connectivity index (χ4v) is 4.25. The average molecular weight is 406 g/mol. The Bertz CT molecular complexity index is 1100. The van der Waals surface area contributed by atoms with Crippen LogP contribution in [0.2, 0.25) is 0 Å². The molecule has 0 fully saturated rings. The molecule has 4 rings (SSSR count). The summed E-state index contributed by atoms with van der Waals surface area (Å²) in [5.74, 6) is 0.888. The van der Waals surface area contributed by atoms with E-state index in [9.17, 15) is 8.78 Å². The van der Waals surface area contributed by atoms with Crippen molar-refractivity contribution in [3.63, 3.8) is 0 Å². The van der Waals surface area contributed by atoms with Gasteiger partial charge < -0.3 is 9.47 Å². The first-order valence-corrected chi connectivity index (χ1v) is 9.95. The minimum absolute atomic E-state index is 0.156. The summed E-state index contributed by atoms with van der Waals surface area (Å²) in [6, 6.07) is 17.7. The first kappa shape index (κ1) is 20.1. The highest BCUT2D eigenvalue weighted by Crippen LogP contribution is 2.43. The van der Waals surface area contributed by atoms with Gasteiger partial charge in [0.05, 0.1) is 14.2 Å². The van der Waals surface area contributed by atoms with Gasteiger partial charge >= 0.3 is 0 Å². The molecule has 0 aliphatic heterocycles. The van der Waals surface area contributed by atoms with E-state index in [4.69, 9.17) is 9.47 Å². The highest BCUT2D eigenvalue weighted by Gasteiger charge is 2.27. The fourth-order valence-electron chi connectivity index (χ4n) is 4.25. The molecular weight excluding hydrogens is 382 g/mol. The van der Waals surface area contributed by atoms with Crippen molar-refractivity contribution >= 4 is 5.57 Å². The molecule has 4 heteroatoms. The Morgan fingerprint density at radius 3 is 2.27 bits per heavy atom. The highest BCUT2D eigenvalue weighted by atomic mass is 19.1. The van der Waals surface area contributed by atoms with Crippen LogP contribution in [0.1, 0.15) is 35.1 Å². The van der Waals surface area contributed by atoms with Gasteiger partial charge in [-0.2, -0.15) is 0 Å². The van der Waals surface area contributed by atoms with E-state index in [-0.39, 0.29) is 5.92 Å². The summed E-state index contributed by atoms with van der Waals surface area (Å²) in [5.41, 5.74) is 5.92. The number of ether oxygens (including phenoxy) is 2. The third-order valence-electron chi connectivity index (χ3n) is 5.96. The molecule has 2 nitrogen and oxygen atoms in total. The Morgan fingerprint density at radius 1 is 0.867 bits per heavy atom. The lowest BCUT2D eigenvalue weighted by atomic mass is 9.74. The number of benzene rings is 3. The van der Waals surface area contributed by atoms with Gasteiger partial charge in [-0.05, 0) is 83.6 Å². The number of methoxy groups -OCH3 is 2. The van der Waals surface area contributed by atoms with Gasteiger partial charge in [-0.1, -0.05) is 23.8 Å². The summed E-state index contributed by atoms with van der Waals surface area (Å²) < 4.78 is 39.0. The number of fused-ring (bicyclic) bond motifs is 1. The molecule has 0 radical (unpaired) electrons. The van der Waals surface area contributed by atoms with Crippen molar-refractivity contribution in [2.75, 3.05) is 14.2 Å². The molecule has 3 aromatic carbocycles. The maximum Gasteiger partial charge on any atom is 0.126 e. The van der Waals surface area contributed by atoms with E-state index in [1.807, 2.05) is 24.3 Å². The number of hydrogen-bond donors (Lipinski definition) is 0. The molecule has 0 N–H and O–H groups in total. The maximum atomic E-state index is 14.4. The largest absolute Gasteiger partial charge is 0.497 e. The molecular formula is C26H24F2O2. The highest BCUT2D eigenvalue weighted by molar-refractivity contribution is 5.77. The van der Waals surface area contributed by atoms with Crippen molar-refractivity contribution in [3.8, 4) is 11.5 Å². The maximum absolute atomic E-state index is 14.4. The van der Waals surface area contributed by atoms with Gasteiger partial charge in [0, 0.05) is 12.3 Å². The van der Waals surface area contributed by atoms with E-state index in [0.717, 1.165) is 40.7 Å². The van der Waals surface area contributed by atoms with Crippen LogP contribution in [-0.2, 0) is 12.8 Å². The molecule has 0 bridgehead atoms. The SMILES string of the molecule is COc1ccc(C2Cc3ccc(OC)cc3C(Cc3cc(F)ccc3F)=C2C)cc1. The van der Waals surface area contributed by atoms with Crippen molar-refractivity contribution < 1.29 is 18.3 Å². The van der Waals surface area contributed by atoms with Gasteiger partial charge in [0.15, 0.2) is 0 Å². The van der Waals surface area contributed by atoms with E-state index >= 15 is 0 Å². The predicted octanol–water partition coefficient (Wildman–Crippen LogP) is 6.34. The normalized spacial score (nSPS) is 15.7. The van der Waals surface area contributed by atoms with Crippen molar-refractivity contribution in [3.05, 3.63) is 100 Å². The van der Waals surface area contributed by atoms with Crippen LogP contribution in [0.4, 0.5) is 8.78 Å². The zero-order chi connectivity index (χ0) is 21.3. The van der Waals surface area contributed by atoms with Crippen LogP contribution in [0.25, 0.3) is 5.57 Å². The van der Waals surface area contributed by atoms with E-state index in [1.54, 1.807) is 14.2 Å². The second kappa shape index (κ2) is 8.31. The minimum Gasteiger partial charge on any atom is -0.497 e. The summed E-state index contributed by atoms with van der Waals surface area (Å²) in [6.07, 6.45) is 1.16. The number of halogens is 2. The van der Waals surface area contributed by atoms with Crippen molar-refractivity contribution in [1.29, 1.82) is 0 Å². The van der Waals surface area contributed by atoms with Crippen molar-refractivity contribution in [2.45, 2.75) is 25.7 Å². The first-order chi connectivity index (χ1) is 14.5. The molecule has 1 atom stereocenters. The van der Waals surface area contributed by atoms with Crippen LogP contribution in [0.15, 0.2) is 66.2 Å². The van der Waals surface area contributed by atoms with Gasteiger partial charge in [-0.25, -0.2) is 8.78 Å². The minimum atomic E-state index is -0.432. The Labute approximate surface area is 175 Å². The molecule has 3 aromatic rings. The smallest absolute Gasteiger partial charge is 0.126 e. The van der Waals surface area contributed by atoms with E-state index in [1.165, 1.54) is 23.3 Å². The third kappa shape index (κ3) is 3.82. The number of rotatable bonds is 5. The topological polar surface area (TPSA) is 18.5 Å². The Kier molecular flexibility index (Phi) is 5.58. The molecule has 1 unspecified atom stereocenters. The molecule has 0 aromatic heterocycles. The van der Waals surface area contributed by atoms with E-state index in [0.29, 0.717) is 12.0 Å². The van der Waals surface area contributed by atoms with Crippen molar-refractivity contribution in [1.82, 2.24) is 0 Å². The van der Waals surface area contributed by atoms with Crippen LogP contribution in [0, 0.1) is 11.6 Å². The predicted molar refractivity (Wildman–Crippen MR) is 115 cm³/mol. The molecule has 0 heterocycles. The lowest BCUT2D eigenvalue weighted by Gasteiger charge is -2.30. The second-order valence-corrected chi connectivity index (χ2v) is 7.63. The summed E-state index contributed by atoms with van der Waals surface area (Å²) in [5, 5.41) is 0. The van der Waals surface area contributed by atoms with Crippen LogP contribution >= 0.6 is 0 Å². The quantitative estimate of drug-likeness (QED) is 0.492. The molecule has 0 spiro atoms. The van der Waals surface area contributed by atoms with Crippen LogP contribution in [0.5, 0.6) is 11.5 Å². The van der Waals surface area contributed by atoms with Gasteiger partial charge in [-0.3, -0.25) is 0 Å². The average Bonchev–Trinajstić information content (AvgIpc) is 2.77. The lowest BCUT2D eigenvalue weighted by molar-refractivity contribution is 0.414. The van der Waals surface area contributed by atoms with Gasteiger partial charge in [0.25, 0.3) is 0 Å². The fraction of sp³-hybridized carbons (Fsp3) is 0.231. The van der Waals surface area contributed by atoms with Crippen molar-refractivity contribution in [2.24, 2.45) is 0 Å². The standard InChI is InChI=1S/C26H24F2O2/c1-16-23(17-4-8-21(29-2)9-5-17)13-18-6-10-22(30-3)15-25(18)24(16)14-19-12-20(27)7-11-26(19)28/h4-12,15,23H,13-14H2,1-3H3. The lowest BCUT2D eigenvalue weighted by Crippen LogP contribution is -2.15. The van der Waals surface area contributed by atoms with E-state index in [2.05, 4.69) is 25.1 Å². The van der Waals surface area contributed by atoms with Gasteiger partial charge in [0.2, 0.25) is 0 Å². The Hall–Kier alpha value is -3.14. The zero-order valence-corrected chi connectivity index (χ0v) is 17.3. The van der Waals surface area contributed by atoms with Gasteiger partial charge in [0.1, 0.15) is 23.1 Å². The summed E-state index contributed by atoms with van der Waals surface area (Å²) >= 11 is 0. The second-order valence-electron chi connectivity index (χ2n) is 7.63. The first-order valence-electron chi connectivity index (χ1n) is 9.95. The summed E-state index contributed by atoms with van der Waals surface area (Å²) in [4.78, 5) is 0. The molecule has 0 saturated carbocycles. The molecule has 1 aliphatic carbocycles. The van der Waals surface area contributed by atoms with E-state index < -0.39 is 11.6 Å². The van der Waals surface area contributed by atoms with Crippen LogP contribution in [0.3, 0.4) is 0 Å². The molecule has 1 aliphatic rings. The number of allylic oxidation sites excluding steroid dienone is 2. The Balaban J connectivity index is 1.83. The zero-order valence-electron chi connectivity index (χ0n) is 17.3. The molecule has 30 heavy (non-hydrogen) atoms. The summed E-state index contributed by atoms with van der Waals surface area (Å²) in [6.45, 7) is 2.09. The molecule has 0 amide bonds. The molecule has 0 saturated heterocycles. The third-order valence-corrected chi connectivity index (χ3v) is 5.96. The van der Waals surface area contributed by atoms with Gasteiger partial charge in [-0.15, -0.1) is 0 Å². The summed E-state index contributed by atoms with van der Waals surface area (Å²) in [7, 11) is 3.28. The van der Waals surface area contributed by atoms with Crippen LogP contribution in [-0.4, -0.2) is 14.2 Å². The number of hydrogen-bond acceptors (Lipinski definition) is 2. The van der Waals surface area contributed by atoms with Crippen LogP contribution < -0.4 is 9.47 Å². The molecule has 154 valence electrons. The Morgan fingerprint density at radius 2 is 1.57 bits per heavy atom. The monoisotopic (exact) mass is 406 g/mol.